The van der Waals surface area contributed by atoms with Gasteiger partial charge in [-0.05, 0) is 13.0 Å². The molecule has 1 atom stereocenters. The lowest BCUT2D eigenvalue weighted by molar-refractivity contribution is -0.913. The number of nitro groups is 1. The summed E-state index contributed by atoms with van der Waals surface area (Å²) in [5.74, 6) is -0.0141. The number of hydrogen-bond acceptors (Lipinski definition) is 5. The van der Waals surface area contributed by atoms with Crippen molar-refractivity contribution in [3.05, 3.63) is 32.3 Å². The van der Waals surface area contributed by atoms with E-state index in [0.29, 0.717) is 24.2 Å². The first-order valence-corrected chi connectivity index (χ1v) is 8.27. The Balaban J connectivity index is 0.00000208. The molecule has 0 aromatic heterocycles. The number of hydrogen-bond donors (Lipinski definition) is 1. The highest BCUT2D eigenvalue weighted by atomic mass is 79.9. The number of nitro benzene ring substituents is 1. The molecule has 1 aromatic rings. The second-order valence-corrected chi connectivity index (χ2v) is 7.19. The monoisotopic (exact) mass is 464 g/mol. The molecule has 3 rings (SSSR count). The van der Waals surface area contributed by atoms with Crippen molar-refractivity contribution in [3.63, 3.8) is 0 Å². The van der Waals surface area contributed by atoms with Crippen LogP contribution in [-0.4, -0.2) is 50.2 Å². The Hall–Kier alpha value is -1.03. The number of nitrogens with one attached hydrogen (secondary N) is 1. The van der Waals surface area contributed by atoms with Gasteiger partial charge < -0.3 is 31.4 Å². The van der Waals surface area contributed by atoms with Gasteiger partial charge in [-0.15, -0.1) is 0 Å². The molecule has 1 saturated heterocycles. The zero-order valence-electron chi connectivity index (χ0n) is 13.1. The minimum Gasteiger partial charge on any atom is -1.00 e. The van der Waals surface area contributed by atoms with Crippen molar-refractivity contribution in [2.75, 3.05) is 39.5 Å². The molecule has 2 aliphatic rings. The van der Waals surface area contributed by atoms with Crippen LogP contribution in [0.4, 0.5) is 5.69 Å². The number of nitrogens with zero attached hydrogens (tertiary/aromatic N) is 1. The summed E-state index contributed by atoms with van der Waals surface area (Å²) in [5, 5.41) is 11.2. The lowest BCUT2D eigenvalue weighted by atomic mass is 9.80. The minimum atomic E-state index is -0.686. The number of carbonyl (C=O) groups excluding carboxylic acids is 1. The van der Waals surface area contributed by atoms with Gasteiger partial charge in [0.05, 0.1) is 30.2 Å². The normalized spacial score (nSPS) is 23.8. The average Bonchev–Trinajstić information content (AvgIpc) is 2.52. The zero-order valence-corrected chi connectivity index (χ0v) is 16.3. The number of morpholine rings is 1. The highest BCUT2D eigenvalue weighted by Gasteiger charge is 2.45. The third-order valence-corrected chi connectivity index (χ3v) is 4.86. The third kappa shape index (κ3) is 3.63. The van der Waals surface area contributed by atoms with Gasteiger partial charge in [0, 0.05) is 10.5 Å². The third-order valence-electron chi connectivity index (χ3n) is 4.40. The maximum Gasteiger partial charge on any atom is 0.312 e. The molecule has 0 spiro atoms. The standard InChI is InChI=1S/C15H17BrN2O5.BrH/c1-15(8-17-2-4-22-5-3-17)9-23-13-11(14(15)19)6-10(16)7-12(13)18(20)21;/h6-7H,2-5,8-9H2,1H3;1H. The molecule has 1 aromatic carbocycles. The SMILES string of the molecule is CC1(C[NH+]2CCOCC2)COc2c(cc(Br)cc2[N+](=O)[O-])C1=O.[Br-]. The van der Waals surface area contributed by atoms with E-state index in [-0.39, 0.29) is 46.4 Å². The molecule has 24 heavy (non-hydrogen) atoms. The first-order chi connectivity index (χ1) is 10.9. The van der Waals surface area contributed by atoms with E-state index in [1.807, 2.05) is 6.92 Å². The molecular weight excluding hydrogens is 448 g/mol. The summed E-state index contributed by atoms with van der Waals surface area (Å²) in [6.45, 7) is 5.75. The number of ether oxygens (including phenoxy) is 2. The van der Waals surface area contributed by atoms with Gasteiger partial charge in [0.15, 0.2) is 5.78 Å². The fraction of sp³-hybridized carbons (Fsp3) is 0.533. The van der Waals surface area contributed by atoms with Gasteiger partial charge in [0.2, 0.25) is 5.75 Å². The summed E-state index contributed by atoms with van der Waals surface area (Å²) in [6.07, 6.45) is 0. The second-order valence-electron chi connectivity index (χ2n) is 6.28. The Morgan fingerprint density at radius 2 is 2.04 bits per heavy atom. The van der Waals surface area contributed by atoms with E-state index in [9.17, 15) is 14.9 Å². The van der Waals surface area contributed by atoms with E-state index in [1.54, 1.807) is 6.07 Å². The average molecular weight is 466 g/mol. The maximum atomic E-state index is 13.0. The summed E-state index contributed by atoms with van der Waals surface area (Å²) in [7, 11) is 0. The van der Waals surface area contributed by atoms with Crippen molar-refractivity contribution in [2.45, 2.75) is 6.92 Å². The van der Waals surface area contributed by atoms with E-state index < -0.39 is 10.3 Å². The van der Waals surface area contributed by atoms with Crippen molar-refractivity contribution >= 4 is 27.4 Å². The van der Waals surface area contributed by atoms with Gasteiger partial charge in [0.1, 0.15) is 25.1 Å². The van der Waals surface area contributed by atoms with Crippen LogP contribution in [0.5, 0.6) is 5.75 Å². The highest BCUT2D eigenvalue weighted by molar-refractivity contribution is 9.10. The van der Waals surface area contributed by atoms with Crippen molar-refractivity contribution in [3.8, 4) is 5.75 Å². The fourth-order valence-corrected chi connectivity index (χ4v) is 3.62. The molecule has 9 heteroatoms. The number of Topliss-reactive ketones (excluding diaryl/α,β-unsaturated/α-hetero) is 1. The summed E-state index contributed by atoms with van der Waals surface area (Å²) < 4.78 is 11.5. The molecule has 1 N–H and O–H groups in total. The van der Waals surface area contributed by atoms with Crippen LogP contribution in [0.2, 0.25) is 0 Å². The lowest BCUT2D eigenvalue weighted by Crippen LogP contribution is -3.15. The molecule has 0 radical (unpaired) electrons. The largest absolute Gasteiger partial charge is 1.00 e. The van der Waals surface area contributed by atoms with Gasteiger partial charge in [-0.2, -0.15) is 0 Å². The quantitative estimate of drug-likeness (QED) is 0.407. The molecule has 132 valence electrons. The van der Waals surface area contributed by atoms with Crippen LogP contribution in [0.3, 0.4) is 0 Å². The molecule has 7 nitrogen and oxygen atoms in total. The topological polar surface area (TPSA) is 83.1 Å². The first-order valence-electron chi connectivity index (χ1n) is 7.47. The van der Waals surface area contributed by atoms with Crippen LogP contribution in [-0.2, 0) is 4.74 Å². The number of carbonyl (C=O) groups is 1. The Morgan fingerprint density at radius 3 is 2.67 bits per heavy atom. The zero-order chi connectivity index (χ0) is 16.6. The molecule has 0 amide bonds. The smallest absolute Gasteiger partial charge is 0.312 e. The van der Waals surface area contributed by atoms with Crippen LogP contribution < -0.4 is 26.6 Å². The van der Waals surface area contributed by atoms with Crippen molar-refractivity contribution in [1.82, 2.24) is 0 Å². The maximum absolute atomic E-state index is 13.0. The number of quaternary nitrogens is 1. The predicted molar refractivity (Wildman–Crippen MR) is 85.1 cm³/mol. The number of halogens is 2. The summed E-state index contributed by atoms with van der Waals surface area (Å²) in [6, 6.07) is 2.97. The van der Waals surface area contributed by atoms with Gasteiger partial charge in [-0.3, -0.25) is 14.9 Å². The van der Waals surface area contributed by atoms with E-state index in [0.717, 1.165) is 13.1 Å². The van der Waals surface area contributed by atoms with E-state index in [2.05, 4.69) is 15.9 Å². The van der Waals surface area contributed by atoms with Crippen molar-refractivity contribution in [1.29, 1.82) is 0 Å². The van der Waals surface area contributed by atoms with Crippen LogP contribution in [0.15, 0.2) is 16.6 Å². The van der Waals surface area contributed by atoms with Crippen molar-refractivity contribution < 1.29 is 41.1 Å². The Bertz CT molecular complexity index is 664. The Morgan fingerprint density at radius 1 is 1.38 bits per heavy atom. The molecule has 0 bridgehead atoms. The lowest BCUT2D eigenvalue weighted by Gasteiger charge is -2.36. The van der Waals surface area contributed by atoms with Gasteiger partial charge in [-0.25, -0.2) is 0 Å². The molecular formula is C15H18Br2N2O5. The molecule has 1 fully saturated rings. The van der Waals surface area contributed by atoms with Crippen LogP contribution in [0, 0.1) is 15.5 Å². The Kier molecular flexibility index (Phi) is 6.00. The second kappa shape index (κ2) is 7.47. The predicted octanol–water partition coefficient (Wildman–Crippen LogP) is -2.14. The number of ketones is 1. The van der Waals surface area contributed by atoms with Gasteiger partial charge >= 0.3 is 5.69 Å². The molecule has 0 saturated carbocycles. The van der Waals surface area contributed by atoms with Crippen LogP contribution in [0.25, 0.3) is 0 Å². The first kappa shape index (κ1) is 19.3. The molecule has 1 unspecified atom stereocenters. The van der Waals surface area contributed by atoms with E-state index in [1.165, 1.54) is 11.0 Å². The summed E-state index contributed by atoms with van der Waals surface area (Å²) >= 11 is 3.24. The number of fused-ring (bicyclic) bond motifs is 1. The summed E-state index contributed by atoms with van der Waals surface area (Å²) in [4.78, 5) is 24.9. The van der Waals surface area contributed by atoms with E-state index >= 15 is 0 Å². The molecule has 2 aliphatic heterocycles. The van der Waals surface area contributed by atoms with Crippen LogP contribution in [0.1, 0.15) is 17.3 Å². The molecule has 0 aliphatic carbocycles. The van der Waals surface area contributed by atoms with E-state index in [4.69, 9.17) is 9.47 Å². The highest BCUT2D eigenvalue weighted by Crippen LogP contribution is 2.41. The number of benzene rings is 1. The van der Waals surface area contributed by atoms with Gasteiger partial charge in [0.25, 0.3) is 0 Å². The minimum absolute atomic E-state index is 0. The van der Waals surface area contributed by atoms with Gasteiger partial charge in [-0.1, -0.05) is 15.9 Å². The Labute approximate surface area is 158 Å². The fourth-order valence-electron chi connectivity index (χ4n) is 3.18. The number of rotatable bonds is 3. The summed E-state index contributed by atoms with van der Waals surface area (Å²) in [5.41, 5.74) is -0.579. The van der Waals surface area contributed by atoms with Crippen molar-refractivity contribution in [2.24, 2.45) is 5.41 Å². The molecule has 2 heterocycles. The van der Waals surface area contributed by atoms with Crippen LogP contribution >= 0.6 is 15.9 Å².